The van der Waals surface area contributed by atoms with Crippen molar-refractivity contribution in [3.63, 3.8) is 0 Å². The van der Waals surface area contributed by atoms with Gasteiger partial charge in [0.2, 0.25) is 0 Å². The van der Waals surface area contributed by atoms with Crippen molar-refractivity contribution in [2.24, 2.45) is 0 Å². The fourth-order valence-electron chi connectivity index (χ4n) is 4.10. The first-order valence-electron chi connectivity index (χ1n) is 9.86. The highest BCUT2D eigenvalue weighted by molar-refractivity contribution is 5.88. The van der Waals surface area contributed by atoms with E-state index in [0.717, 1.165) is 41.8 Å². The summed E-state index contributed by atoms with van der Waals surface area (Å²) < 4.78 is 3.51. The fourth-order valence-corrected chi connectivity index (χ4v) is 4.10. The molecule has 0 aliphatic carbocycles. The largest absolute Gasteiger partial charge is 0.478 e. The molecule has 1 fully saturated rings. The molecule has 0 spiro atoms. The van der Waals surface area contributed by atoms with Crippen molar-refractivity contribution in [1.29, 1.82) is 0 Å². The van der Waals surface area contributed by atoms with Gasteiger partial charge in [-0.2, -0.15) is 0 Å². The number of carboxylic acids is 1. The van der Waals surface area contributed by atoms with Gasteiger partial charge in [-0.3, -0.25) is 9.13 Å². The van der Waals surface area contributed by atoms with Crippen LogP contribution in [0.1, 0.15) is 22.8 Å². The molecule has 4 aromatic rings. The highest BCUT2D eigenvalue weighted by Gasteiger charge is 2.24. The van der Waals surface area contributed by atoms with E-state index in [0.29, 0.717) is 5.65 Å². The van der Waals surface area contributed by atoms with Crippen LogP contribution in [0.5, 0.6) is 0 Å². The standard InChI is InChI=1S/C23H20N4O3/c28-22(29)17-5-3-15(4-6-17)16-7-9-18(10-8-16)26-20-2-1-12-25-21(20)27(23(26)30)19-11-13-24-14-19/h1-10,12,19,24H,11,13-14H2,(H,28,29)/t19-/m0/s1. The number of nitrogens with zero attached hydrogens (tertiary/aromatic N) is 3. The van der Waals surface area contributed by atoms with E-state index in [1.54, 1.807) is 39.6 Å². The lowest BCUT2D eigenvalue weighted by Crippen LogP contribution is -2.28. The fraction of sp³-hybridized carbons (Fsp3) is 0.174. The van der Waals surface area contributed by atoms with Crippen molar-refractivity contribution in [1.82, 2.24) is 19.4 Å². The third-order valence-corrected chi connectivity index (χ3v) is 5.62. The average Bonchev–Trinajstić information content (AvgIpc) is 3.39. The zero-order valence-corrected chi connectivity index (χ0v) is 16.2. The van der Waals surface area contributed by atoms with Crippen molar-refractivity contribution in [2.75, 3.05) is 13.1 Å². The number of aromatic nitrogens is 3. The van der Waals surface area contributed by atoms with Crippen LogP contribution in [-0.2, 0) is 0 Å². The molecule has 30 heavy (non-hydrogen) atoms. The first-order chi connectivity index (χ1) is 14.6. The number of fused-ring (bicyclic) bond motifs is 1. The molecule has 7 nitrogen and oxygen atoms in total. The number of hydrogen-bond donors (Lipinski definition) is 2. The molecule has 3 heterocycles. The number of carbonyl (C=O) groups is 1. The van der Waals surface area contributed by atoms with Crippen LogP contribution in [0.4, 0.5) is 0 Å². The number of benzene rings is 2. The second-order valence-corrected chi connectivity index (χ2v) is 7.41. The molecule has 7 heteroatoms. The molecule has 0 unspecified atom stereocenters. The smallest absolute Gasteiger partial charge is 0.335 e. The minimum absolute atomic E-state index is 0.0871. The van der Waals surface area contributed by atoms with Crippen LogP contribution in [-0.4, -0.2) is 38.3 Å². The predicted octanol–water partition coefficient (Wildman–Crippen LogP) is 3.09. The summed E-state index contributed by atoms with van der Waals surface area (Å²) >= 11 is 0. The first-order valence-corrected chi connectivity index (χ1v) is 9.86. The highest BCUT2D eigenvalue weighted by atomic mass is 16.4. The summed E-state index contributed by atoms with van der Waals surface area (Å²) in [5, 5.41) is 12.4. The first kappa shape index (κ1) is 18.3. The van der Waals surface area contributed by atoms with E-state index < -0.39 is 5.97 Å². The quantitative estimate of drug-likeness (QED) is 0.550. The second kappa shape index (κ2) is 7.27. The van der Waals surface area contributed by atoms with Gasteiger partial charge < -0.3 is 10.4 Å². The molecule has 2 aromatic carbocycles. The number of imidazole rings is 1. The Morgan fingerprint density at radius 2 is 1.73 bits per heavy atom. The zero-order valence-electron chi connectivity index (χ0n) is 16.2. The summed E-state index contributed by atoms with van der Waals surface area (Å²) in [6.45, 7) is 1.66. The zero-order chi connectivity index (χ0) is 20.7. The predicted molar refractivity (Wildman–Crippen MR) is 114 cm³/mol. The number of aromatic carboxylic acids is 1. The molecular weight excluding hydrogens is 380 g/mol. The molecule has 1 aliphatic rings. The number of nitrogens with one attached hydrogen (secondary N) is 1. The maximum atomic E-state index is 13.3. The number of hydrogen-bond acceptors (Lipinski definition) is 4. The molecule has 5 rings (SSSR count). The molecule has 1 saturated heterocycles. The average molecular weight is 400 g/mol. The lowest BCUT2D eigenvalue weighted by Gasteiger charge is -2.09. The van der Waals surface area contributed by atoms with E-state index >= 15 is 0 Å². The maximum absolute atomic E-state index is 13.3. The number of rotatable bonds is 4. The summed E-state index contributed by atoms with van der Waals surface area (Å²) in [6.07, 6.45) is 2.62. The van der Waals surface area contributed by atoms with Crippen LogP contribution in [0, 0.1) is 0 Å². The summed E-state index contributed by atoms with van der Waals surface area (Å²) in [5.41, 5.74) is 4.29. The molecule has 2 N–H and O–H groups in total. The highest BCUT2D eigenvalue weighted by Crippen LogP contribution is 2.25. The minimum atomic E-state index is -0.946. The minimum Gasteiger partial charge on any atom is -0.478 e. The van der Waals surface area contributed by atoms with E-state index in [2.05, 4.69) is 10.3 Å². The normalized spacial score (nSPS) is 16.2. The Balaban J connectivity index is 1.57. The Morgan fingerprint density at radius 1 is 1.03 bits per heavy atom. The molecule has 0 radical (unpaired) electrons. The van der Waals surface area contributed by atoms with Gasteiger partial charge in [0.25, 0.3) is 0 Å². The van der Waals surface area contributed by atoms with Gasteiger partial charge in [0.1, 0.15) is 0 Å². The van der Waals surface area contributed by atoms with E-state index in [9.17, 15) is 9.59 Å². The lowest BCUT2D eigenvalue weighted by atomic mass is 10.0. The van der Waals surface area contributed by atoms with E-state index in [-0.39, 0.29) is 17.3 Å². The number of carboxylic acid groups (broad SMARTS) is 1. The van der Waals surface area contributed by atoms with E-state index in [1.807, 2.05) is 36.4 Å². The SMILES string of the molecule is O=C(O)c1ccc(-c2ccc(-n3c(=O)n([C@H]4CCNC4)c4ncccc43)cc2)cc1. The van der Waals surface area contributed by atoms with Crippen molar-refractivity contribution < 1.29 is 9.90 Å². The van der Waals surface area contributed by atoms with Crippen LogP contribution in [0.2, 0.25) is 0 Å². The molecule has 0 amide bonds. The molecule has 1 aliphatic heterocycles. The summed E-state index contributed by atoms with van der Waals surface area (Å²) in [4.78, 5) is 28.9. The number of pyridine rings is 1. The van der Waals surface area contributed by atoms with Crippen molar-refractivity contribution in [3.8, 4) is 16.8 Å². The van der Waals surface area contributed by atoms with E-state index in [1.165, 1.54) is 0 Å². The second-order valence-electron chi connectivity index (χ2n) is 7.41. The molecular formula is C23H20N4O3. The van der Waals surface area contributed by atoms with Gasteiger partial charge >= 0.3 is 11.7 Å². The van der Waals surface area contributed by atoms with Crippen LogP contribution < -0.4 is 11.0 Å². The van der Waals surface area contributed by atoms with Gasteiger partial charge in [-0.05, 0) is 60.5 Å². The Kier molecular flexibility index (Phi) is 4.44. The van der Waals surface area contributed by atoms with Crippen LogP contribution in [0.15, 0.2) is 71.7 Å². The topological polar surface area (TPSA) is 89.1 Å². The van der Waals surface area contributed by atoms with Crippen LogP contribution in [0.25, 0.3) is 28.0 Å². The van der Waals surface area contributed by atoms with Gasteiger partial charge in [0.15, 0.2) is 5.65 Å². The molecule has 0 saturated carbocycles. The third-order valence-electron chi connectivity index (χ3n) is 5.62. The van der Waals surface area contributed by atoms with Gasteiger partial charge in [-0.1, -0.05) is 24.3 Å². The Morgan fingerprint density at radius 3 is 2.37 bits per heavy atom. The lowest BCUT2D eigenvalue weighted by molar-refractivity contribution is 0.0697. The Bertz CT molecular complexity index is 1280. The van der Waals surface area contributed by atoms with Crippen molar-refractivity contribution in [3.05, 3.63) is 82.9 Å². The summed E-state index contributed by atoms with van der Waals surface area (Å²) in [7, 11) is 0. The monoisotopic (exact) mass is 400 g/mol. The van der Waals surface area contributed by atoms with Gasteiger partial charge in [-0.15, -0.1) is 0 Å². The van der Waals surface area contributed by atoms with E-state index in [4.69, 9.17) is 5.11 Å². The Hall–Kier alpha value is -3.71. The van der Waals surface area contributed by atoms with Crippen LogP contribution in [0.3, 0.4) is 0 Å². The maximum Gasteiger partial charge on any atom is 0.335 e. The molecule has 1 atom stereocenters. The van der Waals surface area contributed by atoms with Crippen molar-refractivity contribution >= 4 is 17.1 Å². The van der Waals surface area contributed by atoms with Crippen molar-refractivity contribution in [2.45, 2.75) is 12.5 Å². The van der Waals surface area contributed by atoms with Gasteiger partial charge in [-0.25, -0.2) is 14.6 Å². The summed E-state index contributed by atoms with van der Waals surface area (Å²) in [6, 6.07) is 18.3. The van der Waals surface area contributed by atoms with Gasteiger partial charge in [0.05, 0.1) is 22.8 Å². The van der Waals surface area contributed by atoms with Crippen LogP contribution >= 0.6 is 0 Å². The third kappa shape index (κ3) is 3.00. The molecule has 0 bridgehead atoms. The van der Waals surface area contributed by atoms with Gasteiger partial charge in [0, 0.05) is 12.7 Å². The molecule has 2 aromatic heterocycles. The molecule has 150 valence electrons. The Labute approximate surface area is 172 Å². The summed E-state index contributed by atoms with van der Waals surface area (Å²) in [5.74, 6) is -0.946.